The highest BCUT2D eigenvalue weighted by molar-refractivity contribution is 5.82. The predicted octanol–water partition coefficient (Wildman–Crippen LogP) is 14.9. The average Bonchev–Trinajstić information content (AvgIpc) is 3.37. The van der Waals surface area contributed by atoms with Gasteiger partial charge in [-0.05, 0) is 124 Å². The number of allylic oxidation sites excluding steroid dienone is 2. The molecule has 0 amide bonds. The Hall–Kier alpha value is -2.48. The number of hydrogen-bond donors (Lipinski definition) is 0. The molecule has 266 valence electrons. The predicted molar refractivity (Wildman–Crippen MR) is 212 cm³/mol. The van der Waals surface area contributed by atoms with E-state index >= 15 is 0 Å². The molecule has 3 rings (SSSR count). The third kappa shape index (κ3) is 12.4. The van der Waals surface area contributed by atoms with E-state index in [1.807, 2.05) is 0 Å². The van der Waals surface area contributed by atoms with E-state index in [9.17, 15) is 5.53 Å². The number of unbranched alkanes of at least 4 members (excludes halogenated alkanes) is 12. The molecule has 0 spiro atoms. The van der Waals surface area contributed by atoms with Crippen molar-refractivity contribution in [2.45, 2.75) is 196 Å². The van der Waals surface area contributed by atoms with Crippen molar-refractivity contribution in [2.75, 3.05) is 0 Å². The highest BCUT2D eigenvalue weighted by Gasteiger charge is 2.35. The molecule has 0 unspecified atom stereocenters. The van der Waals surface area contributed by atoms with Gasteiger partial charge >= 0.3 is 0 Å². The molecule has 0 radical (unpaired) electrons. The highest BCUT2D eigenvalue weighted by atomic mass is 15.2. The molecule has 48 heavy (non-hydrogen) atoms. The molecule has 0 saturated heterocycles. The molecule has 0 bridgehead atoms. The van der Waals surface area contributed by atoms with Gasteiger partial charge in [-0.15, -0.1) is 0 Å². The zero-order valence-electron chi connectivity index (χ0n) is 32.3. The van der Waals surface area contributed by atoms with Gasteiger partial charge in [0.1, 0.15) is 0 Å². The topological polar surface area (TPSA) is 25.3 Å². The molecule has 2 aromatic rings. The SMILES string of the molecule is CCCCCCCCC1=C(c2cc(CCCC)cc(CCCC)c2)[N+](=[N-])C(c2cc(CCCCC)cc(CCCCC)c2)=C1CCCC. The molecule has 1 aliphatic rings. The molecule has 1 heterocycles. The Labute approximate surface area is 297 Å². The molecule has 0 N–H and O–H groups in total. The maximum absolute atomic E-state index is 12.5. The Kier molecular flexibility index (Phi) is 19.2. The van der Waals surface area contributed by atoms with Gasteiger partial charge in [0.15, 0.2) is 0 Å². The van der Waals surface area contributed by atoms with Crippen molar-refractivity contribution >= 4 is 11.4 Å². The monoisotopic (exact) mass is 653 g/mol. The first-order valence-corrected chi connectivity index (χ1v) is 20.7. The van der Waals surface area contributed by atoms with Crippen LogP contribution >= 0.6 is 0 Å². The second kappa shape index (κ2) is 23.0. The minimum atomic E-state index is 1.03. The summed E-state index contributed by atoms with van der Waals surface area (Å²) >= 11 is 0. The van der Waals surface area contributed by atoms with Gasteiger partial charge < -0.3 is 5.53 Å². The van der Waals surface area contributed by atoms with E-state index < -0.39 is 0 Å². The van der Waals surface area contributed by atoms with Crippen LogP contribution in [-0.4, -0.2) is 4.70 Å². The first-order chi connectivity index (χ1) is 23.5. The van der Waals surface area contributed by atoms with Gasteiger partial charge in [0.2, 0.25) is 11.4 Å². The van der Waals surface area contributed by atoms with Crippen LogP contribution in [0.1, 0.15) is 203 Å². The zero-order valence-corrected chi connectivity index (χ0v) is 32.3. The van der Waals surface area contributed by atoms with Gasteiger partial charge in [0.25, 0.3) is 0 Å². The summed E-state index contributed by atoms with van der Waals surface area (Å²) in [6, 6.07) is 14.6. The first-order valence-electron chi connectivity index (χ1n) is 20.7. The van der Waals surface area contributed by atoms with Crippen molar-refractivity contribution in [1.82, 2.24) is 0 Å². The number of rotatable bonds is 26. The Balaban J connectivity index is 2.18. The largest absolute Gasteiger partial charge is 0.493 e. The Bertz CT molecular complexity index is 1250. The van der Waals surface area contributed by atoms with Crippen LogP contribution in [0.2, 0.25) is 0 Å². The van der Waals surface area contributed by atoms with E-state index in [1.165, 1.54) is 147 Å². The first kappa shape index (κ1) is 40.0. The van der Waals surface area contributed by atoms with Crippen molar-refractivity contribution in [3.05, 3.63) is 86.5 Å². The molecule has 0 atom stereocenters. The lowest BCUT2D eigenvalue weighted by Gasteiger charge is -2.15. The summed E-state index contributed by atoms with van der Waals surface area (Å²) in [6.45, 7) is 13.8. The van der Waals surface area contributed by atoms with Crippen LogP contribution < -0.4 is 0 Å². The molecule has 0 saturated carbocycles. The molecule has 0 fully saturated rings. The highest BCUT2D eigenvalue weighted by Crippen LogP contribution is 2.45. The Morgan fingerprint density at radius 3 is 1.06 bits per heavy atom. The van der Waals surface area contributed by atoms with Gasteiger partial charge in [0.05, 0.1) is 0 Å². The van der Waals surface area contributed by atoms with Crippen molar-refractivity contribution in [2.24, 2.45) is 0 Å². The van der Waals surface area contributed by atoms with Crippen molar-refractivity contribution in [3.63, 3.8) is 0 Å². The summed E-state index contributed by atoms with van der Waals surface area (Å²) in [7, 11) is 0. The van der Waals surface area contributed by atoms with E-state index in [0.717, 1.165) is 62.8 Å². The second-order valence-corrected chi connectivity index (χ2v) is 14.8. The molecule has 2 nitrogen and oxygen atoms in total. The summed E-state index contributed by atoms with van der Waals surface area (Å²) in [5.74, 6) is 0. The molecule has 2 aromatic carbocycles. The summed E-state index contributed by atoms with van der Waals surface area (Å²) in [6.07, 6.45) is 28.9. The fourth-order valence-electron chi connectivity index (χ4n) is 7.52. The number of benzene rings is 2. The van der Waals surface area contributed by atoms with Crippen LogP contribution in [0.3, 0.4) is 0 Å². The summed E-state index contributed by atoms with van der Waals surface area (Å²) < 4.78 is 1.67. The van der Waals surface area contributed by atoms with Gasteiger partial charge in [-0.2, -0.15) is 0 Å². The van der Waals surface area contributed by atoms with Crippen LogP contribution in [0.25, 0.3) is 16.9 Å². The minimum absolute atomic E-state index is 1.03. The van der Waals surface area contributed by atoms with Crippen LogP contribution in [0.15, 0.2) is 47.5 Å². The third-order valence-electron chi connectivity index (χ3n) is 10.3. The Morgan fingerprint density at radius 1 is 0.354 bits per heavy atom. The quantitative estimate of drug-likeness (QED) is 0.0714. The van der Waals surface area contributed by atoms with E-state index in [4.69, 9.17) is 0 Å². The fourth-order valence-corrected chi connectivity index (χ4v) is 7.52. The maximum atomic E-state index is 12.5. The number of nitrogens with zero attached hydrogens (tertiary/aromatic N) is 2. The molecular formula is C46H72N2. The van der Waals surface area contributed by atoms with Crippen LogP contribution in [0, 0.1) is 0 Å². The standard InChI is InChI=1S/C46H72N2/c1-7-13-19-20-21-24-30-44-43(29-18-12-6)45(42-35-39(27-22-14-8-2)32-40(36-42)28-23-15-9-3)48(47)46(44)41-33-37(25-16-10-4)31-38(34-41)26-17-11-5/h31-36H,7-30H2,1-6H3. The molecule has 1 aliphatic heterocycles. The summed E-state index contributed by atoms with van der Waals surface area (Å²) in [5, 5.41) is 0. The smallest absolute Gasteiger partial charge is 0.211 e. The average molecular weight is 653 g/mol. The van der Waals surface area contributed by atoms with Crippen LogP contribution in [0.4, 0.5) is 0 Å². The van der Waals surface area contributed by atoms with E-state index in [-0.39, 0.29) is 0 Å². The van der Waals surface area contributed by atoms with Crippen LogP contribution in [0.5, 0.6) is 0 Å². The van der Waals surface area contributed by atoms with Crippen molar-refractivity contribution in [1.29, 1.82) is 0 Å². The van der Waals surface area contributed by atoms with Gasteiger partial charge in [-0.1, -0.05) is 131 Å². The number of hydrogen-bond acceptors (Lipinski definition) is 0. The lowest BCUT2D eigenvalue weighted by atomic mass is 9.89. The molecule has 0 aromatic heterocycles. The van der Waals surface area contributed by atoms with Gasteiger partial charge in [0, 0.05) is 22.3 Å². The maximum Gasteiger partial charge on any atom is 0.211 e. The van der Waals surface area contributed by atoms with Crippen molar-refractivity contribution < 1.29 is 4.70 Å². The van der Waals surface area contributed by atoms with Gasteiger partial charge in [-0.25, -0.2) is 4.70 Å². The van der Waals surface area contributed by atoms with Crippen molar-refractivity contribution in [3.8, 4) is 0 Å². The minimum Gasteiger partial charge on any atom is -0.493 e. The summed E-state index contributed by atoms with van der Waals surface area (Å²) in [5.41, 5.74) is 25.7. The molecule has 2 heteroatoms. The molecule has 0 aliphatic carbocycles. The molecular weight excluding hydrogens is 581 g/mol. The van der Waals surface area contributed by atoms with Crippen LogP contribution in [-0.2, 0) is 25.7 Å². The van der Waals surface area contributed by atoms with Gasteiger partial charge in [-0.3, -0.25) is 0 Å². The zero-order chi connectivity index (χ0) is 34.6. The fraction of sp³-hybridized carbons (Fsp3) is 0.652. The second-order valence-electron chi connectivity index (χ2n) is 14.8. The van der Waals surface area contributed by atoms with E-state index in [2.05, 4.69) is 77.9 Å². The van der Waals surface area contributed by atoms with E-state index in [1.54, 1.807) is 4.70 Å². The Morgan fingerprint density at radius 2 is 0.646 bits per heavy atom. The summed E-state index contributed by atoms with van der Waals surface area (Å²) in [4.78, 5) is 0. The number of aryl methyl sites for hydroxylation is 4. The third-order valence-corrected chi connectivity index (χ3v) is 10.3. The lowest BCUT2D eigenvalue weighted by molar-refractivity contribution is -0.345. The normalized spacial score (nSPS) is 13.4. The van der Waals surface area contributed by atoms with E-state index in [0.29, 0.717) is 0 Å². The lowest BCUT2D eigenvalue weighted by Crippen LogP contribution is -2.05.